The second kappa shape index (κ2) is 7.90. The molecule has 2 aliphatic rings. The Morgan fingerprint density at radius 1 is 1.17 bits per heavy atom. The summed E-state index contributed by atoms with van der Waals surface area (Å²) in [7, 11) is 0. The van der Waals surface area contributed by atoms with Gasteiger partial charge >= 0.3 is 0 Å². The van der Waals surface area contributed by atoms with Gasteiger partial charge in [-0.3, -0.25) is 4.79 Å². The maximum Gasteiger partial charge on any atom is 0.246 e. The molecule has 3 rings (SSSR count). The number of rotatable bonds is 5. The van der Waals surface area contributed by atoms with Crippen LogP contribution in [0.2, 0.25) is 0 Å². The van der Waals surface area contributed by atoms with Crippen LogP contribution in [-0.2, 0) is 11.3 Å². The quantitative estimate of drug-likeness (QED) is 0.902. The minimum atomic E-state index is -0.0524. The topological polar surface area (TPSA) is 71.3 Å². The Morgan fingerprint density at radius 3 is 2.70 bits per heavy atom. The van der Waals surface area contributed by atoms with Gasteiger partial charge in [0.05, 0.1) is 6.04 Å². The molecule has 1 unspecified atom stereocenters. The Bertz CT molecular complexity index is 510. The lowest BCUT2D eigenvalue weighted by molar-refractivity contribution is -0.133. The lowest BCUT2D eigenvalue weighted by Gasteiger charge is -2.27. The van der Waals surface area contributed by atoms with Gasteiger partial charge in [0, 0.05) is 6.54 Å². The molecular formula is C17H28N4O2. The predicted molar refractivity (Wildman–Crippen MR) is 86.7 cm³/mol. The first-order valence-corrected chi connectivity index (χ1v) is 9.04. The van der Waals surface area contributed by atoms with E-state index in [0.29, 0.717) is 18.3 Å². The van der Waals surface area contributed by atoms with E-state index < -0.39 is 0 Å². The van der Waals surface area contributed by atoms with Gasteiger partial charge in [-0.15, -0.1) is 0 Å². The maximum absolute atomic E-state index is 12.8. The average molecular weight is 320 g/mol. The normalized spacial score (nSPS) is 24.0. The Hall–Kier alpha value is -1.43. The zero-order chi connectivity index (χ0) is 16.1. The summed E-state index contributed by atoms with van der Waals surface area (Å²) >= 11 is 0. The molecule has 6 nitrogen and oxygen atoms in total. The third-order valence-electron chi connectivity index (χ3n) is 5.05. The van der Waals surface area contributed by atoms with E-state index in [-0.39, 0.29) is 11.9 Å². The van der Waals surface area contributed by atoms with Crippen LogP contribution in [0.5, 0.6) is 0 Å². The predicted octanol–water partition coefficient (Wildman–Crippen LogP) is 2.43. The van der Waals surface area contributed by atoms with Gasteiger partial charge in [-0.25, -0.2) is 0 Å². The van der Waals surface area contributed by atoms with Crippen molar-refractivity contribution >= 4 is 5.91 Å². The number of carbonyl (C=O) groups is 1. The second-order valence-corrected chi connectivity index (χ2v) is 6.96. The molecule has 1 N–H and O–H groups in total. The first-order valence-electron chi connectivity index (χ1n) is 9.04. The first kappa shape index (κ1) is 16.4. The highest BCUT2D eigenvalue weighted by Crippen LogP contribution is 2.23. The molecular weight excluding hydrogens is 292 g/mol. The molecule has 1 saturated carbocycles. The third-order valence-corrected chi connectivity index (χ3v) is 5.05. The largest absolute Gasteiger partial charge is 0.337 e. The van der Waals surface area contributed by atoms with Crippen molar-refractivity contribution in [2.75, 3.05) is 13.1 Å². The zero-order valence-corrected chi connectivity index (χ0v) is 14.1. The highest BCUT2D eigenvalue weighted by Gasteiger charge is 2.28. The molecule has 1 saturated heterocycles. The molecule has 1 aromatic rings. The van der Waals surface area contributed by atoms with Crippen molar-refractivity contribution in [2.45, 2.75) is 70.9 Å². The van der Waals surface area contributed by atoms with E-state index in [0.717, 1.165) is 38.3 Å². The number of likely N-dealkylation sites (tertiary alicyclic amines) is 1. The Balaban J connectivity index is 1.55. The Morgan fingerprint density at radius 2 is 1.96 bits per heavy atom. The summed E-state index contributed by atoms with van der Waals surface area (Å²) in [6, 6.07) is -0.0524. The first-order chi connectivity index (χ1) is 11.2. The van der Waals surface area contributed by atoms with Gasteiger partial charge in [0.25, 0.3) is 0 Å². The molecule has 1 aliphatic carbocycles. The number of aromatic nitrogens is 2. The molecule has 2 fully saturated rings. The molecule has 23 heavy (non-hydrogen) atoms. The summed E-state index contributed by atoms with van der Waals surface area (Å²) in [5.74, 6) is 2.08. The second-order valence-electron chi connectivity index (χ2n) is 6.96. The SMILES string of the molecule is Cc1noc(CN2CCCCC(NCC3CCCCC3)C2=O)n1. The van der Waals surface area contributed by atoms with Crippen molar-refractivity contribution in [3.63, 3.8) is 0 Å². The molecule has 6 heteroatoms. The summed E-state index contributed by atoms with van der Waals surface area (Å²) in [6.07, 6.45) is 9.73. The highest BCUT2D eigenvalue weighted by atomic mass is 16.5. The Kier molecular flexibility index (Phi) is 5.65. The highest BCUT2D eigenvalue weighted by molar-refractivity contribution is 5.82. The summed E-state index contributed by atoms with van der Waals surface area (Å²) < 4.78 is 5.17. The molecule has 1 aliphatic heterocycles. The molecule has 1 atom stereocenters. The fraction of sp³-hybridized carbons (Fsp3) is 0.824. The lowest BCUT2D eigenvalue weighted by atomic mass is 9.89. The lowest BCUT2D eigenvalue weighted by Crippen LogP contribution is -2.46. The van der Waals surface area contributed by atoms with Crippen molar-refractivity contribution in [1.82, 2.24) is 20.4 Å². The maximum atomic E-state index is 12.8. The number of hydrogen-bond donors (Lipinski definition) is 1. The van der Waals surface area contributed by atoms with Crippen LogP contribution in [0.25, 0.3) is 0 Å². The molecule has 1 amide bonds. The average Bonchev–Trinajstić information content (AvgIpc) is 2.90. The van der Waals surface area contributed by atoms with Gasteiger partial charge < -0.3 is 14.7 Å². The number of nitrogens with zero attached hydrogens (tertiary/aromatic N) is 3. The van der Waals surface area contributed by atoms with Crippen LogP contribution in [0.1, 0.15) is 63.1 Å². The zero-order valence-electron chi connectivity index (χ0n) is 14.1. The summed E-state index contributed by atoms with van der Waals surface area (Å²) in [4.78, 5) is 18.9. The van der Waals surface area contributed by atoms with Crippen LogP contribution >= 0.6 is 0 Å². The number of aryl methyl sites for hydroxylation is 1. The van der Waals surface area contributed by atoms with Gasteiger partial charge in [0.2, 0.25) is 11.8 Å². The molecule has 128 valence electrons. The minimum absolute atomic E-state index is 0.0524. The van der Waals surface area contributed by atoms with E-state index in [4.69, 9.17) is 4.52 Å². The van der Waals surface area contributed by atoms with Crippen molar-refractivity contribution < 1.29 is 9.32 Å². The van der Waals surface area contributed by atoms with Crippen molar-refractivity contribution in [1.29, 1.82) is 0 Å². The van der Waals surface area contributed by atoms with Gasteiger partial charge in [0.1, 0.15) is 6.54 Å². The van der Waals surface area contributed by atoms with Gasteiger partial charge in [0.15, 0.2) is 5.82 Å². The number of carbonyl (C=O) groups excluding carboxylic acids is 1. The fourth-order valence-electron chi connectivity index (χ4n) is 3.72. The fourth-order valence-corrected chi connectivity index (χ4v) is 3.72. The summed E-state index contributed by atoms with van der Waals surface area (Å²) in [6.45, 7) is 3.98. The number of amides is 1. The minimum Gasteiger partial charge on any atom is -0.337 e. The summed E-state index contributed by atoms with van der Waals surface area (Å²) in [5.41, 5.74) is 0. The molecule has 1 aromatic heterocycles. The van der Waals surface area contributed by atoms with Crippen LogP contribution in [0, 0.1) is 12.8 Å². The number of hydrogen-bond acceptors (Lipinski definition) is 5. The molecule has 0 radical (unpaired) electrons. The van der Waals surface area contributed by atoms with Gasteiger partial charge in [-0.1, -0.05) is 24.4 Å². The van der Waals surface area contributed by atoms with E-state index in [1.165, 1.54) is 32.1 Å². The van der Waals surface area contributed by atoms with E-state index in [1.807, 2.05) is 4.90 Å². The van der Waals surface area contributed by atoms with E-state index in [9.17, 15) is 4.79 Å². The standard InChI is InChI=1S/C17H28N4O2/c1-13-19-16(23-20-13)12-21-10-6-5-9-15(17(21)22)18-11-14-7-3-2-4-8-14/h14-15,18H,2-12H2,1H3. The van der Waals surface area contributed by atoms with Crippen LogP contribution < -0.4 is 5.32 Å². The van der Waals surface area contributed by atoms with E-state index in [1.54, 1.807) is 6.92 Å². The van der Waals surface area contributed by atoms with Crippen molar-refractivity contribution in [3.8, 4) is 0 Å². The monoisotopic (exact) mass is 320 g/mol. The van der Waals surface area contributed by atoms with Crippen LogP contribution in [0.3, 0.4) is 0 Å². The molecule has 0 bridgehead atoms. The molecule has 0 aromatic carbocycles. The Labute approximate surface area is 138 Å². The van der Waals surface area contributed by atoms with E-state index in [2.05, 4.69) is 15.5 Å². The smallest absolute Gasteiger partial charge is 0.246 e. The summed E-state index contributed by atoms with van der Waals surface area (Å²) in [5, 5.41) is 7.35. The van der Waals surface area contributed by atoms with Crippen molar-refractivity contribution in [3.05, 3.63) is 11.7 Å². The van der Waals surface area contributed by atoms with Gasteiger partial charge in [-0.2, -0.15) is 4.98 Å². The van der Waals surface area contributed by atoms with E-state index >= 15 is 0 Å². The van der Waals surface area contributed by atoms with Gasteiger partial charge in [-0.05, 0) is 51.5 Å². The van der Waals surface area contributed by atoms with Crippen LogP contribution in [0.15, 0.2) is 4.52 Å². The molecule has 0 spiro atoms. The molecule has 2 heterocycles. The van der Waals surface area contributed by atoms with Crippen molar-refractivity contribution in [2.24, 2.45) is 5.92 Å². The third kappa shape index (κ3) is 4.53. The number of nitrogens with one attached hydrogen (secondary N) is 1. The van der Waals surface area contributed by atoms with Crippen LogP contribution in [0.4, 0.5) is 0 Å². The van der Waals surface area contributed by atoms with Crippen LogP contribution in [-0.4, -0.2) is 40.1 Å².